The molecule has 1 atom stereocenters. The standard InChI is InChI=1S/C20H28N4O3S/c1-13(2)16-10-15(17-14(3)23-27-19(17)22-16)18(25)21-11-20(4-9-28-12-20)24-5-7-26-8-6-24/h10,13H,4-9,11-12H2,1-3H3,(H,21,25). The first-order chi connectivity index (χ1) is 13.5. The van der Waals surface area contributed by atoms with E-state index in [1.807, 2.05) is 24.8 Å². The molecule has 2 aliphatic heterocycles. The number of amides is 1. The van der Waals surface area contributed by atoms with Crippen molar-refractivity contribution >= 4 is 28.8 Å². The van der Waals surface area contributed by atoms with Crippen molar-refractivity contribution in [3.8, 4) is 0 Å². The molecule has 0 radical (unpaired) electrons. The molecule has 152 valence electrons. The van der Waals surface area contributed by atoms with Crippen molar-refractivity contribution < 1.29 is 14.1 Å². The maximum absolute atomic E-state index is 13.2. The highest BCUT2D eigenvalue weighted by Gasteiger charge is 2.41. The fraction of sp³-hybridized carbons (Fsp3) is 0.650. The molecule has 1 N–H and O–H groups in total. The molecule has 2 aromatic heterocycles. The number of hydrogen-bond acceptors (Lipinski definition) is 7. The maximum Gasteiger partial charge on any atom is 0.259 e. The number of fused-ring (bicyclic) bond motifs is 1. The van der Waals surface area contributed by atoms with Crippen LogP contribution in [0.2, 0.25) is 0 Å². The summed E-state index contributed by atoms with van der Waals surface area (Å²) in [6.45, 7) is 10.00. The van der Waals surface area contributed by atoms with Gasteiger partial charge in [0.15, 0.2) is 0 Å². The van der Waals surface area contributed by atoms with Crippen LogP contribution in [0, 0.1) is 6.92 Å². The molecule has 0 aromatic carbocycles. The average Bonchev–Trinajstić information content (AvgIpc) is 3.34. The van der Waals surface area contributed by atoms with Crippen LogP contribution in [-0.2, 0) is 4.74 Å². The van der Waals surface area contributed by atoms with Gasteiger partial charge in [0.2, 0.25) is 0 Å². The predicted molar refractivity (Wildman–Crippen MR) is 110 cm³/mol. The van der Waals surface area contributed by atoms with Crippen LogP contribution in [0.15, 0.2) is 10.6 Å². The first-order valence-corrected chi connectivity index (χ1v) is 11.1. The molecule has 2 saturated heterocycles. The Morgan fingerprint density at radius 2 is 2.18 bits per heavy atom. The second kappa shape index (κ2) is 8.00. The lowest BCUT2D eigenvalue weighted by molar-refractivity contribution is -0.0129. The number of carbonyl (C=O) groups excluding carboxylic acids is 1. The van der Waals surface area contributed by atoms with E-state index >= 15 is 0 Å². The third-order valence-electron chi connectivity index (χ3n) is 5.82. The molecule has 0 saturated carbocycles. The van der Waals surface area contributed by atoms with Crippen LogP contribution in [0.25, 0.3) is 11.1 Å². The molecular weight excluding hydrogens is 376 g/mol. The number of morpholine rings is 1. The highest BCUT2D eigenvalue weighted by atomic mass is 32.2. The van der Waals surface area contributed by atoms with Crippen LogP contribution < -0.4 is 5.32 Å². The molecule has 0 aliphatic carbocycles. The number of pyridine rings is 1. The van der Waals surface area contributed by atoms with Crippen molar-refractivity contribution in [2.45, 2.75) is 38.6 Å². The minimum Gasteiger partial charge on any atom is -0.379 e. The van der Waals surface area contributed by atoms with Crippen LogP contribution in [0.3, 0.4) is 0 Å². The van der Waals surface area contributed by atoms with Gasteiger partial charge < -0.3 is 14.6 Å². The third-order valence-corrected chi connectivity index (χ3v) is 7.05. The Kier molecular flexibility index (Phi) is 5.62. The molecule has 1 amide bonds. The summed E-state index contributed by atoms with van der Waals surface area (Å²) in [5.74, 6) is 2.30. The van der Waals surface area contributed by atoms with Gasteiger partial charge in [0.25, 0.3) is 11.6 Å². The summed E-state index contributed by atoms with van der Waals surface area (Å²) in [5, 5.41) is 7.95. The molecule has 2 aromatic rings. The number of ether oxygens (including phenoxy) is 1. The van der Waals surface area contributed by atoms with E-state index in [1.165, 1.54) is 0 Å². The fourth-order valence-corrected chi connectivity index (χ4v) is 5.54. The first-order valence-electron chi connectivity index (χ1n) is 9.96. The minimum absolute atomic E-state index is 0.0147. The van der Waals surface area contributed by atoms with Crippen LogP contribution in [0.1, 0.15) is 47.9 Å². The zero-order valence-electron chi connectivity index (χ0n) is 16.8. The topological polar surface area (TPSA) is 80.5 Å². The van der Waals surface area contributed by atoms with E-state index in [0.717, 1.165) is 49.9 Å². The van der Waals surface area contributed by atoms with Crippen LogP contribution in [0.5, 0.6) is 0 Å². The van der Waals surface area contributed by atoms with Gasteiger partial charge in [0, 0.05) is 36.6 Å². The monoisotopic (exact) mass is 404 g/mol. The van der Waals surface area contributed by atoms with E-state index in [4.69, 9.17) is 9.26 Å². The molecule has 0 spiro atoms. The Morgan fingerprint density at radius 3 is 2.86 bits per heavy atom. The average molecular weight is 405 g/mol. The van der Waals surface area contributed by atoms with Gasteiger partial charge in [-0.15, -0.1) is 0 Å². The van der Waals surface area contributed by atoms with Gasteiger partial charge in [-0.1, -0.05) is 19.0 Å². The van der Waals surface area contributed by atoms with Gasteiger partial charge in [0.05, 0.1) is 29.9 Å². The van der Waals surface area contributed by atoms with Crippen molar-refractivity contribution in [3.63, 3.8) is 0 Å². The molecular formula is C20H28N4O3S. The van der Waals surface area contributed by atoms with Gasteiger partial charge in [-0.25, -0.2) is 4.98 Å². The van der Waals surface area contributed by atoms with Gasteiger partial charge >= 0.3 is 0 Å². The minimum atomic E-state index is -0.0786. The second-order valence-corrected chi connectivity index (χ2v) is 9.11. The van der Waals surface area contributed by atoms with E-state index in [0.29, 0.717) is 28.9 Å². The Labute approximate surface area is 169 Å². The third kappa shape index (κ3) is 3.65. The summed E-state index contributed by atoms with van der Waals surface area (Å²) >= 11 is 1.97. The van der Waals surface area contributed by atoms with Crippen LogP contribution >= 0.6 is 11.8 Å². The summed E-state index contributed by atoms with van der Waals surface area (Å²) in [6.07, 6.45) is 1.09. The van der Waals surface area contributed by atoms with E-state index in [-0.39, 0.29) is 17.4 Å². The number of rotatable bonds is 5. The quantitative estimate of drug-likeness (QED) is 0.820. The zero-order chi connectivity index (χ0) is 19.7. The molecule has 0 bridgehead atoms. The van der Waals surface area contributed by atoms with Crippen molar-refractivity contribution in [3.05, 3.63) is 23.0 Å². The fourth-order valence-electron chi connectivity index (χ4n) is 4.06. The van der Waals surface area contributed by atoms with E-state index in [1.54, 1.807) is 0 Å². The van der Waals surface area contributed by atoms with Crippen molar-refractivity contribution in [1.82, 2.24) is 20.4 Å². The molecule has 2 fully saturated rings. The molecule has 4 heterocycles. The van der Waals surface area contributed by atoms with E-state index in [9.17, 15) is 4.79 Å². The van der Waals surface area contributed by atoms with Crippen LogP contribution in [-0.4, -0.2) is 70.8 Å². The number of nitrogens with zero attached hydrogens (tertiary/aromatic N) is 3. The predicted octanol–water partition coefficient (Wildman–Crippen LogP) is 2.59. The van der Waals surface area contributed by atoms with E-state index < -0.39 is 0 Å². The largest absolute Gasteiger partial charge is 0.379 e. The van der Waals surface area contributed by atoms with E-state index in [2.05, 4.69) is 34.2 Å². The molecule has 28 heavy (non-hydrogen) atoms. The Hall–Kier alpha value is -1.64. The number of thioether (sulfide) groups is 1. The lowest BCUT2D eigenvalue weighted by Crippen LogP contribution is -2.59. The summed E-state index contributed by atoms with van der Waals surface area (Å²) in [4.78, 5) is 20.2. The number of carbonyl (C=O) groups is 1. The highest BCUT2D eigenvalue weighted by molar-refractivity contribution is 7.99. The molecule has 1 unspecified atom stereocenters. The Bertz CT molecular complexity index is 854. The Morgan fingerprint density at radius 1 is 1.39 bits per heavy atom. The SMILES string of the molecule is Cc1noc2nc(C(C)C)cc(C(=O)NCC3(N4CCOCC4)CCSC3)c12. The highest BCUT2D eigenvalue weighted by Crippen LogP contribution is 2.34. The summed E-state index contributed by atoms with van der Waals surface area (Å²) < 4.78 is 10.9. The normalized spacial score (nSPS) is 23.6. The number of aromatic nitrogens is 2. The van der Waals surface area contributed by atoms with Gasteiger partial charge in [-0.2, -0.15) is 11.8 Å². The zero-order valence-corrected chi connectivity index (χ0v) is 17.6. The number of aryl methyl sites for hydroxylation is 1. The van der Waals surface area contributed by atoms with Crippen molar-refractivity contribution in [1.29, 1.82) is 0 Å². The van der Waals surface area contributed by atoms with Crippen molar-refractivity contribution in [2.24, 2.45) is 0 Å². The van der Waals surface area contributed by atoms with Gasteiger partial charge in [-0.3, -0.25) is 9.69 Å². The maximum atomic E-state index is 13.2. The molecule has 4 rings (SSSR count). The summed E-state index contributed by atoms with van der Waals surface area (Å²) in [6, 6.07) is 1.89. The lowest BCUT2D eigenvalue weighted by atomic mass is 9.95. The number of hydrogen-bond donors (Lipinski definition) is 1. The molecule has 2 aliphatic rings. The first kappa shape index (κ1) is 19.7. The smallest absolute Gasteiger partial charge is 0.259 e. The summed E-state index contributed by atoms with van der Waals surface area (Å²) in [5.41, 5.74) is 2.60. The molecule has 8 heteroatoms. The number of nitrogens with one attached hydrogen (secondary N) is 1. The molecule has 7 nitrogen and oxygen atoms in total. The van der Waals surface area contributed by atoms with Crippen LogP contribution in [0.4, 0.5) is 0 Å². The van der Waals surface area contributed by atoms with Gasteiger partial charge in [0.1, 0.15) is 0 Å². The summed E-state index contributed by atoms with van der Waals surface area (Å²) in [7, 11) is 0. The lowest BCUT2D eigenvalue weighted by Gasteiger charge is -2.43. The van der Waals surface area contributed by atoms with Gasteiger partial charge in [-0.05, 0) is 31.1 Å². The Balaban J connectivity index is 1.58. The van der Waals surface area contributed by atoms with Crippen molar-refractivity contribution in [2.75, 3.05) is 44.4 Å². The second-order valence-electron chi connectivity index (χ2n) is 8.01.